The quantitative estimate of drug-likeness (QED) is 0.409. The summed E-state index contributed by atoms with van der Waals surface area (Å²) in [4.78, 5) is 53.0. The Hall–Kier alpha value is -4.39. The normalized spacial score (nSPS) is 19.4. The van der Waals surface area contributed by atoms with E-state index in [1.807, 2.05) is 0 Å². The Morgan fingerprint density at radius 1 is 1.17 bits per heavy atom. The van der Waals surface area contributed by atoms with Crippen molar-refractivity contribution in [3.05, 3.63) is 58.2 Å². The summed E-state index contributed by atoms with van der Waals surface area (Å²) in [6.45, 7) is 0.930. The number of fused-ring (bicyclic) bond motifs is 2. The summed E-state index contributed by atoms with van der Waals surface area (Å²) in [7, 11) is 0. The smallest absolute Gasteiger partial charge is 0.276 e. The van der Waals surface area contributed by atoms with Crippen molar-refractivity contribution in [1.82, 2.24) is 40.3 Å². The molecule has 13 heteroatoms. The van der Waals surface area contributed by atoms with Crippen molar-refractivity contribution in [1.29, 1.82) is 0 Å². The second kappa shape index (κ2) is 8.37. The van der Waals surface area contributed by atoms with Crippen LogP contribution < -0.4 is 5.32 Å². The zero-order valence-electron chi connectivity index (χ0n) is 19.1. The molecular formula is C23H22N8O5. The molecule has 0 bridgehead atoms. The van der Waals surface area contributed by atoms with Gasteiger partial charge in [-0.25, -0.2) is 4.68 Å². The Labute approximate surface area is 204 Å². The molecule has 2 aromatic heterocycles. The lowest BCUT2D eigenvalue weighted by molar-refractivity contribution is -0.136. The molecule has 0 spiro atoms. The van der Waals surface area contributed by atoms with E-state index in [-0.39, 0.29) is 43.0 Å². The van der Waals surface area contributed by atoms with E-state index in [1.165, 1.54) is 15.8 Å². The number of aliphatic hydroxyl groups excluding tert-OH is 1. The van der Waals surface area contributed by atoms with E-state index in [0.717, 1.165) is 16.8 Å². The van der Waals surface area contributed by atoms with Gasteiger partial charge in [0.1, 0.15) is 6.04 Å². The highest BCUT2D eigenvalue weighted by molar-refractivity contribution is 6.05. The molecule has 0 radical (unpaired) electrons. The number of aliphatic hydroxyl groups is 1. The molecule has 4 amide bonds. The highest BCUT2D eigenvalue weighted by Crippen LogP contribution is 2.29. The largest absolute Gasteiger partial charge is 0.390 e. The first kappa shape index (κ1) is 22.1. The van der Waals surface area contributed by atoms with Gasteiger partial charge in [-0.15, -0.1) is 5.10 Å². The number of aromatic amines is 1. The number of benzene rings is 1. The minimum absolute atomic E-state index is 0.150. The first-order valence-electron chi connectivity index (χ1n) is 11.6. The molecule has 1 atom stereocenters. The number of carbonyl (C=O) groups is 4. The van der Waals surface area contributed by atoms with Gasteiger partial charge in [0.25, 0.3) is 11.8 Å². The number of rotatable bonds is 4. The Morgan fingerprint density at radius 3 is 2.83 bits per heavy atom. The predicted molar refractivity (Wildman–Crippen MR) is 120 cm³/mol. The van der Waals surface area contributed by atoms with Crippen molar-refractivity contribution in [2.75, 3.05) is 6.54 Å². The van der Waals surface area contributed by atoms with Crippen molar-refractivity contribution in [2.45, 2.75) is 45.0 Å². The molecule has 36 heavy (non-hydrogen) atoms. The number of aromatic nitrogens is 5. The van der Waals surface area contributed by atoms with Crippen molar-refractivity contribution >= 4 is 23.6 Å². The van der Waals surface area contributed by atoms with E-state index < -0.39 is 11.9 Å². The molecule has 3 N–H and O–H groups in total. The maximum atomic E-state index is 13.1. The van der Waals surface area contributed by atoms with Crippen LogP contribution in [0, 0.1) is 0 Å². The van der Waals surface area contributed by atoms with Gasteiger partial charge < -0.3 is 14.9 Å². The Kier molecular flexibility index (Phi) is 5.14. The van der Waals surface area contributed by atoms with Crippen LogP contribution in [0.3, 0.4) is 0 Å². The van der Waals surface area contributed by atoms with Crippen LogP contribution >= 0.6 is 0 Å². The first-order valence-corrected chi connectivity index (χ1v) is 11.6. The summed E-state index contributed by atoms with van der Waals surface area (Å²) in [5.74, 6) is -1.36. The topological polar surface area (TPSA) is 166 Å². The number of hydrogen-bond acceptors (Lipinski definition) is 8. The Morgan fingerprint density at radius 2 is 2.03 bits per heavy atom. The second-order valence-corrected chi connectivity index (χ2v) is 9.05. The van der Waals surface area contributed by atoms with E-state index in [9.17, 15) is 24.3 Å². The van der Waals surface area contributed by atoms with Gasteiger partial charge in [-0.1, -0.05) is 11.3 Å². The van der Waals surface area contributed by atoms with Gasteiger partial charge in [0, 0.05) is 30.6 Å². The molecule has 13 nitrogen and oxygen atoms in total. The average Bonchev–Trinajstić information content (AvgIpc) is 3.60. The lowest BCUT2D eigenvalue weighted by Crippen LogP contribution is -2.52. The second-order valence-electron chi connectivity index (χ2n) is 9.05. The number of nitrogens with zero attached hydrogens (tertiary/aromatic N) is 6. The minimum Gasteiger partial charge on any atom is -0.390 e. The first-order chi connectivity index (χ1) is 17.4. The van der Waals surface area contributed by atoms with Crippen LogP contribution in [-0.4, -0.2) is 76.3 Å². The van der Waals surface area contributed by atoms with Crippen LogP contribution in [0.25, 0.3) is 5.69 Å². The summed E-state index contributed by atoms with van der Waals surface area (Å²) in [5.41, 5.74) is 4.28. The van der Waals surface area contributed by atoms with Crippen LogP contribution in [-0.2, 0) is 35.7 Å². The summed E-state index contributed by atoms with van der Waals surface area (Å²) in [6.07, 6.45) is 2.59. The lowest BCUT2D eigenvalue weighted by atomic mass is 10.0. The van der Waals surface area contributed by atoms with Crippen LogP contribution in [0.5, 0.6) is 0 Å². The third-order valence-electron chi connectivity index (χ3n) is 6.94. The highest BCUT2D eigenvalue weighted by atomic mass is 16.3. The van der Waals surface area contributed by atoms with E-state index in [0.29, 0.717) is 42.9 Å². The molecule has 0 aliphatic carbocycles. The van der Waals surface area contributed by atoms with Crippen LogP contribution in [0.15, 0.2) is 24.4 Å². The molecule has 0 saturated carbocycles. The van der Waals surface area contributed by atoms with Gasteiger partial charge in [0.2, 0.25) is 11.8 Å². The van der Waals surface area contributed by atoms with Crippen molar-refractivity contribution < 1.29 is 24.3 Å². The van der Waals surface area contributed by atoms with E-state index in [1.54, 1.807) is 23.1 Å². The summed E-state index contributed by atoms with van der Waals surface area (Å²) in [5, 5.41) is 26.8. The Bertz CT molecular complexity index is 1430. The number of piperidine rings is 1. The number of amides is 4. The van der Waals surface area contributed by atoms with Crippen molar-refractivity contribution in [3.63, 3.8) is 0 Å². The maximum Gasteiger partial charge on any atom is 0.276 e. The van der Waals surface area contributed by atoms with Crippen molar-refractivity contribution in [3.8, 4) is 5.69 Å². The molecule has 5 heterocycles. The number of imide groups is 1. The highest BCUT2D eigenvalue weighted by Gasteiger charge is 2.39. The zero-order chi connectivity index (χ0) is 25.0. The lowest BCUT2D eigenvalue weighted by Gasteiger charge is -2.29. The van der Waals surface area contributed by atoms with Gasteiger partial charge >= 0.3 is 0 Å². The summed E-state index contributed by atoms with van der Waals surface area (Å²) < 4.78 is 1.44. The molecule has 1 unspecified atom stereocenters. The molecule has 3 aromatic rings. The molecule has 6 rings (SSSR count). The van der Waals surface area contributed by atoms with Gasteiger partial charge in [-0.05, 0) is 30.5 Å². The number of H-pyrrole nitrogens is 1. The third kappa shape index (κ3) is 3.55. The number of carbonyl (C=O) groups excluding carboxylic acids is 4. The van der Waals surface area contributed by atoms with Crippen molar-refractivity contribution in [2.24, 2.45) is 0 Å². The fourth-order valence-electron chi connectivity index (χ4n) is 5.03. The Balaban J connectivity index is 1.19. The standard InChI is InChI=1S/C23H22N8O5/c32-11-18-14-5-6-29(9-16(14)25-26-18)23(36)17-10-31(28-27-17)13-2-1-12-8-30(22(35)15(12)7-13)19-3-4-20(33)24-21(19)34/h1-2,7,10,19,32H,3-6,8-9,11H2,(H,25,26)(H,24,33,34). The molecule has 3 aliphatic heterocycles. The van der Waals surface area contributed by atoms with Crippen LogP contribution in [0.4, 0.5) is 0 Å². The molecule has 184 valence electrons. The van der Waals surface area contributed by atoms with Gasteiger partial charge in [0.05, 0.1) is 36.4 Å². The molecule has 1 saturated heterocycles. The predicted octanol–water partition coefficient (Wildman–Crippen LogP) is -0.558. The van der Waals surface area contributed by atoms with E-state index >= 15 is 0 Å². The molecule has 3 aliphatic rings. The summed E-state index contributed by atoms with van der Waals surface area (Å²) in [6, 6.07) is 4.55. The van der Waals surface area contributed by atoms with E-state index in [2.05, 4.69) is 25.8 Å². The van der Waals surface area contributed by atoms with Gasteiger partial charge in [0.15, 0.2) is 5.69 Å². The number of nitrogens with one attached hydrogen (secondary N) is 2. The molecular weight excluding hydrogens is 468 g/mol. The minimum atomic E-state index is -0.685. The van der Waals surface area contributed by atoms with Gasteiger partial charge in [-0.2, -0.15) is 5.10 Å². The van der Waals surface area contributed by atoms with Crippen LogP contribution in [0.1, 0.15) is 56.2 Å². The third-order valence-corrected chi connectivity index (χ3v) is 6.94. The fraction of sp³-hybridized carbons (Fsp3) is 0.348. The average molecular weight is 490 g/mol. The number of hydrogen-bond donors (Lipinski definition) is 3. The van der Waals surface area contributed by atoms with E-state index in [4.69, 9.17) is 0 Å². The molecule has 1 aromatic carbocycles. The maximum absolute atomic E-state index is 13.1. The monoisotopic (exact) mass is 490 g/mol. The van der Waals surface area contributed by atoms with Gasteiger partial charge in [-0.3, -0.25) is 29.6 Å². The summed E-state index contributed by atoms with van der Waals surface area (Å²) >= 11 is 0. The molecule has 1 fully saturated rings. The fourth-order valence-corrected chi connectivity index (χ4v) is 5.03. The zero-order valence-corrected chi connectivity index (χ0v) is 19.1. The van der Waals surface area contributed by atoms with Crippen LogP contribution in [0.2, 0.25) is 0 Å². The SMILES string of the molecule is O=C1CCC(N2Cc3ccc(-n4cc(C(=O)N5CCc6c(CO)n[nH]c6C5)nn4)cc3C2=O)C(=O)N1.